The quantitative estimate of drug-likeness (QED) is 0.787. The van der Waals surface area contributed by atoms with Crippen LogP contribution in [0.5, 0.6) is 0 Å². The minimum Gasteiger partial charge on any atom is -0.374 e. The molecule has 5 heteroatoms. The van der Waals surface area contributed by atoms with Crippen LogP contribution in [-0.4, -0.2) is 31.6 Å². The number of hydrogen-bond acceptors (Lipinski definition) is 3. The van der Waals surface area contributed by atoms with Crippen LogP contribution in [0.4, 0.5) is 10.1 Å². The lowest BCUT2D eigenvalue weighted by Crippen LogP contribution is -2.46. The Morgan fingerprint density at radius 2 is 2.16 bits per heavy atom. The van der Waals surface area contributed by atoms with Crippen LogP contribution in [0.3, 0.4) is 0 Å². The number of carbonyl (C=O) groups excluding carboxylic acids is 1. The fourth-order valence-electron chi connectivity index (χ4n) is 1.88. The van der Waals surface area contributed by atoms with Crippen molar-refractivity contribution in [3.63, 3.8) is 0 Å². The number of carbonyl (C=O) groups is 1. The highest BCUT2D eigenvalue weighted by molar-refractivity contribution is 5.79. The van der Waals surface area contributed by atoms with Crippen molar-refractivity contribution >= 4 is 11.6 Å². The maximum atomic E-state index is 13.1. The van der Waals surface area contributed by atoms with Gasteiger partial charge in [0.2, 0.25) is 5.91 Å². The van der Waals surface area contributed by atoms with Gasteiger partial charge in [0.25, 0.3) is 0 Å². The zero-order chi connectivity index (χ0) is 14.4. The van der Waals surface area contributed by atoms with Crippen molar-refractivity contribution in [2.45, 2.75) is 32.4 Å². The van der Waals surface area contributed by atoms with Crippen molar-refractivity contribution in [1.82, 2.24) is 5.32 Å². The molecule has 1 atom stereocenters. The lowest BCUT2D eigenvalue weighted by molar-refractivity contribution is -0.120. The molecule has 0 aromatic heterocycles. The Kier molecular flexibility index (Phi) is 5.76. The normalized spacial score (nSPS) is 12.5. The molecular formula is C14H22FN3O. The zero-order valence-corrected chi connectivity index (χ0v) is 11.7. The summed E-state index contributed by atoms with van der Waals surface area (Å²) in [5.41, 5.74) is 6.14. The molecule has 1 aromatic carbocycles. The second-order valence-corrected chi connectivity index (χ2v) is 4.97. The van der Waals surface area contributed by atoms with Crippen molar-refractivity contribution in [2.75, 3.05) is 18.5 Å². The number of hydrogen-bond donors (Lipinski definition) is 2. The lowest BCUT2D eigenvalue weighted by atomic mass is 10.1. The molecule has 0 aliphatic heterocycles. The smallest absolute Gasteiger partial charge is 0.234 e. The molecule has 3 N–H and O–H groups in total. The maximum Gasteiger partial charge on any atom is 0.234 e. The SMILES string of the molecule is CC(C)NC(CCN(C)c1cccc(F)c1)C(N)=O. The number of nitrogens with one attached hydrogen (secondary N) is 1. The highest BCUT2D eigenvalue weighted by Crippen LogP contribution is 2.14. The molecule has 1 amide bonds. The number of anilines is 1. The van der Waals surface area contributed by atoms with Gasteiger partial charge in [0.15, 0.2) is 0 Å². The second kappa shape index (κ2) is 7.09. The summed E-state index contributed by atoms with van der Waals surface area (Å²) in [5, 5.41) is 3.12. The predicted octanol–water partition coefficient (Wildman–Crippen LogP) is 1.50. The molecule has 0 fully saturated rings. The summed E-state index contributed by atoms with van der Waals surface area (Å²) in [6.45, 7) is 4.55. The van der Waals surface area contributed by atoms with Gasteiger partial charge < -0.3 is 16.0 Å². The molecule has 106 valence electrons. The van der Waals surface area contributed by atoms with Crippen LogP contribution in [0.25, 0.3) is 0 Å². The fourth-order valence-corrected chi connectivity index (χ4v) is 1.88. The standard InChI is InChI=1S/C14H22FN3O/c1-10(2)17-13(14(16)19)7-8-18(3)12-6-4-5-11(15)9-12/h4-6,9-10,13,17H,7-8H2,1-3H3,(H2,16,19). The van der Waals surface area contributed by atoms with Gasteiger partial charge in [-0.15, -0.1) is 0 Å². The topological polar surface area (TPSA) is 58.4 Å². The van der Waals surface area contributed by atoms with Crippen molar-refractivity contribution in [2.24, 2.45) is 5.73 Å². The summed E-state index contributed by atoms with van der Waals surface area (Å²) >= 11 is 0. The molecule has 0 radical (unpaired) electrons. The largest absolute Gasteiger partial charge is 0.374 e. The number of halogens is 1. The van der Waals surface area contributed by atoms with E-state index in [9.17, 15) is 9.18 Å². The number of rotatable bonds is 7. The maximum absolute atomic E-state index is 13.1. The van der Waals surface area contributed by atoms with E-state index in [0.29, 0.717) is 13.0 Å². The van der Waals surface area contributed by atoms with Crippen molar-refractivity contribution in [1.29, 1.82) is 0 Å². The van der Waals surface area contributed by atoms with Gasteiger partial charge in [-0.25, -0.2) is 4.39 Å². The van der Waals surface area contributed by atoms with Crippen LogP contribution >= 0.6 is 0 Å². The van der Waals surface area contributed by atoms with Gasteiger partial charge in [-0.1, -0.05) is 19.9 Å². The molecule has 1 unspecified atom stereocenters. The van der Waals surface area contributed by atoms with Crippen LogP contribution in [0.2, 0.25) is 0 Å². The average molecular weight is 267 g/mol. The third-order valence-electron chi connectivity index (χ3n) is 2.88. The van der Waals surface area contributed by atoms with Crippen LogP contribution < -0.4 is 16.0 Å². The third-order valence-corrected chi connectivity index (χ3v) is 2.88. The second-order valence-electron chi connectivity index (χ2n) is 4.97. The van der Waals surface area contributed by atoms with Crippen molar-refractivity contribution < 1.29 is 9.18 Å². The van der Waals surface area contributed by atoms with Gasteiger partial charge in [0, 0.05) is 25.3 Å². The van der Waals surface area contributed by atoms with Gasteiger partial charge in [-0.3, -0.25) is 4.79 Å². The first-order valence-corrected chi connectivity index (χ1v) is 6.42. The molecule has 0 spiro atoms. The monoisotopic (exact) mass is 267 g/mol. The molecule has 19 heavy (non-hydrogen) atoms. The van der Waals surface area contributed by atoms with Gasteiger partial charge in [-0.2, -0.15) is 0 Å². The Balaban J connectivity index is 2.56. The Hall–Kier alpha value is -1.62. The summed E-state index contributed by atoms with van der Waals surface area (Å²) in [5.74, 6) is -0.627. The van der Waals surface area contributed by atoms with Crippen molar-refractivity contribution in [3.05, 3.63) is 30.1 Å². The average Bonchev–Trinajstić information content (AvgIpc) is 2.33. The van der Waals surface area contributed by atoms with Crippen LogP contribution in [0.15, 0.2) is 24.3 Å². The number of benzene rings is 1. The van der Waals surface area contributed by atoms with Crippen LogP contribution in [0.1, 0.15) is 20.3 Å². The molecule has 0 heterocycles. The number of nitrogens with zero attached hydrogens (tertiary/aromatic N) is 1. The Morgan fingerprint density at radius 1 is 1.47 bits per heavy atom. The minimum atomic E-state index is -0.365. The summed E-state index contributed by atoms with van der Waals surface area (Å²) in [7, 11) is 1.86. The van der Waals surface area contributed by atoms with E-state index in [4.69, 9.17) is 5.73 Å². The summed E-state index contributed by atoms with van der Waals surface area (Å²) < 4.78 is 13.1. The van der Waals surface area contributed by atoms with E-state index in [2.05, 4.69) is 5.32 Å². The first-order valence-electron chi connectivity index (χ1n) is 6.42. The summed E-state index contributed by atoms with van der Waals surface area (Å²) in [4.78, 5) is 13.2. The highest BCUT2D eigenvalue weighted by atomic mass is 19.1. The minimum absolute atomic E-state index is 0.192. The summed E-state index contributed by atoms with van der Waals surface area (Å²) in [6.07, 6.45) is 0.584. The molecule has 0 aliphatic rings. The van der Waals surface area contributed by atoms with E-state index in [-0.39, 0.29) is 23.8 Å². The molecule has 1 aromatic rings. The van der Waals surface area contributed by atoms with E-state index in [0.717, 1.165) is 5.69 Å². The van der Waals surface area contributed by atoms with E-state index in [1.165, 1.54) is 12.1 Å². The first-order chi connectivity index (χ1) is 8.90. The van der Waals surface area contributed by atoms with E-state index >= 15 is 0 Å². The lowest BCUT2D eigenvalue weighted by Gasteiger charge is -2.23. The Labute approximate surface area is 113 Å². The molecule has 0 saturated heterocycles. The zero-order valence-electron chi connectivity index (χ0n) is 11.7. The van der Waals surface area contributed by atoms with Gasteiger partial charge in [0.05, 0.1) is 6.04 Å². The fraction of sp³-hybridized carbons (Fsp3) is 0.500. The molecule has 0 bridgehead atoms. The van der Waals surface area contributed by atoms with Gasteiger partial charge >= 0.3 is 0 Å². The molecule has 4 nitrogen and oxygen atoms in total. The van der Waals surface area contributed by atoms with E-state index in [1.807, 2.05) is 31.9 Å². The first kappa shape index (κ1) is 15.4. The van der Waals surface area contributed by atoms with Crippen molar-refractivity contribution in [3.8, 4) is 0 Å². The molecule has 0 saturated carbocycles. The number of primary amides is 1. The molecule has 0 aliphatic carbocycles. The Bertz CT molecular complexity index is 423. The van der Waals surface area contributed by atoms with Gasteiger partial charge in [0.1, 0.15) is 5.82 Å². The number of nitrogens with two attached hydrogens (primary N) is 1. The number of amides is 1. The van der Waals surface area contributed by atoms with Gasteiger partial charge in [-0.05, 0) is 24.6 Å². The van der Waals surface area contributed by atoms with E-state index in [1.54, 1.807) is 6.07 Å². The molecular weight excluding hydrogens is 245 g/mol. The third kappa shape index (κ3) is 5.26. The predicted molar refractivity (Wildman–Crippen MR) is 75.5 cm³/mol. The van der Waals surface area contributed by atoms with Crippen LogP contribution in [0, 0.1) is 5.82 Å². The Morgan fingerprint density at radius 3 is 2.68 bits per heavy atom. The molecule has 1 rings (SSSR count). The highest BCUT2D eigenvalue weighted by Gasteiger charge is 2.16. The summed E-state index contributed by atoms with van der Waals surface area (Å²) in [6, 6.07) is 6.20. The van der Waals surface area contributed by atoms with Crippen LogP contribution in [-0.2, 0) is 4.79 Å². The van der Waals surface area contributed by atoms with E-state index < -0.39 is 0 Å².